The van der Waals surface area contributed by atoms with E-state index in [0.717, 1.165) is 12.2 Å². The van der Waals surface area contributed by atoms with Crippen LogP contribution in [0, 0.1) is 5.92 Å². The average molecular weight is 417 g/mol. The molecule has 7 heteroatoms. The monoisotopic (exact) mass is 416 g/mol. The molecule has 2 aromatic rings. The van der Waals surface area contributed by atoms with Gasteiger partial charge >= 0.3 is 0 Å². The lowest BCUT2D eigenvalue weighted by Gasteiger charge is -2.21. The van der Waals surface area contributed by atoms with Crippen LogP contribution in [-0.2, 0) is 21.4 Å². The van der Waals surface area contributed by atoms with E-state index in [4.69, 9.17) is 4.74 Å². The second-order valence-electron chi connectivity index (χ2n) is 7.76. The Bertz CT molecular complexity index is 968. The van der Waals surface area contributed by atoms with Gasteiger partial charge in [-0.3, -0.25) is 4.79 Å². The predicted octanol–water partition coefficient (Wildman–Crippen LogP) is 3.89. The second kappa shape index (κ2) is 9.07. The van der Waals surface area contributed by atoms with E-state index in [1.54, 1.807) is 32.0 Å². The van der Waals surface area contributed by atoms with Crippen molar-refractivity contribution in [2.45, 2.75) is 44.2 Å². The SMILES string of the molecule is CC(C)N(C)S(=O)(=O)c1cccc(C(=O)Nc2cccc(COCC3CC3)c2)c1. The van der Waals surface area contributed by atoms with Gasteiger partial charge in [0.25, 0.3) is 5.91 Å². The molecule has 0 radical (unpaired) electrons. The molecule has 156 valence electrons. The van der Waals surface area contributed by atoms with Crippen molar-refractivity contribution in [3.8, 4) is 0 Å². The van der Waals surface area contributed by atoms with Gasteiger partial charge in [0.2, 0.25) is 10.0 Å². The highest BCUT2D eigenvalue weighted by atomic mass is 32.2. The first kappa shape index (κ1) is 21.5. The molecule has 2 aromatic carbocycles. The summed E-state index contributed by atoms with van der Waals surface area (Å²) in [6, 6.07) is 13.4. The minimum absolute atomic E-state index is 0.101. The summed E-state index contributed by atoms with van der Waals surface area (Å²) in [6.07, 6.45) is 2.50. The number of nitrogens with zero attached hydrogens (tertiary/aromatic N) is 1. The molecule has 1 fully saturated rings. The molecule has 6 nitrogen and oxygen atoms in total. The summed E-state index contributed by atoms with van der Waals surface area (Å²) in [7, 11) is -2.12. The number of carbonyl (C=O) groups excluding carboxylic acids is 1. The van der Waals surface area contributed by atoms with Gasteiger partial charge in [-0.25, -0.2) is 8.42 Å². The lowest BCUT2D eigenvalue weighted by atomic mass is 10.2. The van der Waals surface area contributed by atoms with Crippen LogP contribution >= 0.6 is 0 Å². The van der Waals surface area contributed by atoms with Crippen molar-refractivity contribution in [1.82, 2.24) is 4.31 Å². The first-order valence-electron chi connectivity index (χ1n) is 9.83. The van der Waals surface area contributed by atoms with Gasteiger partial charge in [-0.05, 0) is 68.5 Å². The summed E-state index contributed by atoms with van der Waals surface area (Å²) in [5, 5.41) is 2.84. The zero-order valence-corrected chi connectivity index (χ0v) is 17.9. The number of hydrogen-bond donors (Lipinski definition) is 1. The van der Waals surface area contributed by atoms with Crippen LogP contribution < -0.4 is 5.32 Å². The average Bonchev–Trinajstić information content (AvgIpc) is 3.52. The summed E-state index contributed by atoms with van der Waals surface area (Å²) < 4.78 is 32.4. The third kappa shape index (κ3) is 5.65. The standard InChI is InChI=1S/C22H28N2O4S/c1-16(2)24(3)29(26,27)21-9-5-7-19(13-21)22(25)23-20-8-4-6-18(12-20)15-28-14-17-10-11-17/h4-9,12-13,16-17H,10-11,14-15H2,1-3H3,(H,23,25). The number of ether oxygens (including phenoxy) is 1. The van der Waals surface area contributed by atoms with Crippen molar-refractivity contribution in [1.29, 1.82) is 0 Å². The van der Waals surface area contributed by atoms with Crippen LogP contribution in [0.15, 0.2) is 53.4 Å². The largest absolute Gasteiger partial charge is 0.376 e. The van der Waals surface area contributed by atoms with Gasteiger partial charge in [0.15, 0.2) is 0 Å². The van der Waals surface area contributed by atoms with Crippen molar-refractivity contribution < 1.29 is 17.9 Å². The zero-order valence-electron chi connectivity index (χ0n) is 17.1. The minimum atomic E-state index is -3.65. The van der Waals surface area contributed by atoms with E-state index in [1.807, 2.05) is 18.2 Å². The maximum absolute atomic E-state index is 12.7. The van der Waals surface area contributed by atoms with E-state index in [0.29, 0.717) is 23.8 Å². The molecule has 3 rings (SSSR count). The number of benzene rings is 2. The highest BCUT2D eigenvalue weighted by molar-refractivity contribution is 7.89. The van der Waals surface area contributed by atoms with Crippen LogP contribution in [0.25, 0.3) is 0 Å². The first-order valence-corrected chi connectivity index (χ1v) is 11.3. The molecule has 1 aliphatic rings. The summed E-state index contributed by atoms with van der Waals surface area (Å²) in [4.78, 5) is 12.8. The molecule has 0 heterocycles. The van der Waals surface area contributed by atoms with Crippen molar-refractivity contribution in [3.05, 3.63) is 59.7 Å². The van der Waals surface area contributed by atoms with E-state index in [2.05, 4.69) is 5.32 Å². The third-order valence-corrected chi connectivity index (χ3v) is 7.03. The fraction of sp³-hybridized carbons (Fsp3) is 0.409. The molecule has 0 bridgehead atoms. The third-order valence-electron chi connectivity index (χ3n) is 5.00. The van der Waals surface area contributed by atoms with Crippen LogP contribution in [0.5, 0.6) is 0 Å². The molecule has 1 N–H and O–H groups in total. The topological polar surface area (TPSA) is 75.7 Å². The molecule has 0 saturated heterocycles. The summed E-state index contributed by atoms with van der Waals surface area (Å²) >= 11 is 0. The quantitative estimate of drug-likeness (QED) is 0.673. The molecule has 1 aliphatic carbocycles. The zero-order chi connectivity index (χ0) is 21.0. The Kier molecular flexibility index (Phi) is 6.72. The lowest BCUT2D eigenvalue weighted by Crippen LogP contribution is -2.33. The van der Waals surface area contributed by atoms with Gasteiger partial charge in [-0.2, -0.15) is 4.31 Å². The Balaban J connectivity index is 1.69. The molecule has 0 aromatic heterocycles. The molecule has 0 unspecified atom stereocenters. The molecule has 1 saturated carbocycles. The first-order chi connectivity index (χ1) is 13.8. The smallest absolute Gasteiger partial charge is 0.255 e. The van der Waals surface area contributed by atoms with Crippen molar-refractivity contribution >= 4 is 21.6 Å². The minimum Gasteiger partial charge on any atom is -0.376 e. The fourth-order valence-corrected chi connectivity index (χ4v) is 4.23. The van der Waals surface area contributed by atoms with Crippen LogP contribution in [0.2, 0.25) is 0 Å². The van der Waals surface area contributed by atoms with Crippen LogP contribution in [0.3, 0.4) is 0 Å². The van der Waals surface area contributed by atoms with Crippen molar-refractivity contribution in [2.75, 3.05) is 19.0 Å². The highest BCUT2D eigenvalue weighted by Gasteiger charge is 2.24. The van der Waals surface area contributed by atoms with Gasteiger partial charge in [-0.1, -0.05) is 18.2 Å². The molecular formula is C22H28N2O4S. The second-order valence-corrected chi connectivity index (χ2v) is 9.75. The van der Waals surface area contributed by atoms with Crippen LogP contribution in [0.4, 0.5) is 5.69 Å². The number of hydrogen-bond acceptors (Lipinski definition) is 4. The Morgan fingerprint density at radius 3 is 2.59 bits per heavy atom. The maximum Gasteiger partial charge on any atom is 0.255 e. The number of amides is 1. The molecule has 0 atom stereocenters. The van der Waals surface area contributed by atoms with Crippen molar-refractivity contribution in [2.24, 2.45) is 5.92 Å². The number of anilines is 1. The van der Waals surface area contributed by atoms with E-state index < -0.39 is 10.0 Å². The van der Waals surface area contributed by atoms with E-state index in [9.17, 15) is 13.2 Å². The Hall–Kier alpha value is -2.22. The lowest BCUT2D eigenvalue weighted by molar-refractivity contribution is 0.102. The van der Waals surface area contributed by atoms with Gasteiger partial charge in [-0.15, -0.1) is 0 Å². The summed E-state index contributed by atoms with van der Waals surface area (Å²) in [6.45, 7) is 4.89. The highest BCUT2D eigenvalue weighted by Crippen LogP contribution is 2.29. The fourth-order valence-electron chi connectivity index (χ4n) is 2.81. The number of rotatable bonds is 9. The number of sulfonamides is 1. The van der Waals surface area contributed by atoms with Crippen molar-refractivity contribution in [3.63, 3.8) is 0 Å². The molecule has 29 heavy (non-hydrogen) atoms. The van der Waals surface area contributed by atoms with E-state index in [1.165, 1.54) is 36.3 Å². The van der Waals surface area contributed by atoms with E-state index in [-0.39, 0.29) is 16.8 Å². The van der Waals surface area contributed by atoms with Crippen LogP contribution in [0.1, 0.15) is 42.6 Å². The van der Waals surface area contributed by atoms with E-state index >= 15 is 0 Å². The Labute approximate surface area is 172 Å². The predicted molar refractivity (Wildman–Crippen MR) is 113 cm³/mol. The van der Waals surface area contributed by atoms with Crippen LogP contribution in [-0.4, -0.2) is 38.3 Å². The molecule has 0 spiro atoms. The summed E-state index contributed by atoms with van der Waals surface area (Å²) in [5.74, 6) is 0.349. The van der Waals surface area contributed by atoms with Gasteiger partial charge in [0, 0.05) is 30.9 Å². The van der Waals surface area contributed by atoms with Gasteiger partial charge < -0.3 is 10.1 Å². The normalized spacial score (nSPS) is 14.4. The Morgan fingerprint density at radius 2 is 1.90 bits per heavy atom. The molecular weight excluding hydrogens is 388 g/mol. The number of nitrogens with one attached hydrogen (secondary N) is 1. The van der Waals surface area contributed by atoms with Gasteiger partial charge in [0.1, 0.15) is 0 Å². The Morgan fingerprint density at radius 1 is 1.17 bits per heavy atom. The molecule has 0 aliphatic heterocycles. The molecule has 1 amide bonds. The summed E-state index contributed by atoms with van der Waals surface area (Å²) in [5.41, 5.74) is 1.92. The van der Waals surface area contributed by atoms with Gasteiger partial charge in [0.05, 0.1) is 11.5 Å². The number of carbonyl (C=O) groups is 1. The maximum atomic E-state index is 12.7.